The van der Waals surface area contributed by atoms with Crippen molar-refractivity contribution in [2.75, 3.05) is 12.3 Å². The smallest absolute Gasteiger partial charge is 0.243 e. The van der Waals surface area contributed by atoms with Crippen LogP contribution in [0.4, 0.5) is 4.39 Å². The molecule has 1 atom stereocenters. The predicted molar refractivity (Wildman–Crippen MR) is 142 cm³/mol. The van der Waals surface area contributed by atoms with Crippen LogP contribution in [0.1, 0.15) is 35.6 Å². The SMILES string of the molecule is CCCNC(=O)[C@H](Cc1ccccc1)N(Cc1ccc(C)cc1)C(=O)CSCc1ccccc1F. The minimum atomic E-state index is -0.646. The van der Waals surface area contributed by atoms with Crippen molar-refractivity contribution in [3.05, 3.63) is 107 Å². The molecule has 3 aromatic rings. The lowest BCUT2D eigenvalue weighted by Crippen LogP contribution is -2.51. The molecule has 0 aliphatic carbocycles. The van der Waals surface area contributed by atoms with E-state index in [0.717, 1.165) is 23.1 Å². The fourth-order valence-corrected chi connectivity index (χ4v) is 4.65. The summed E-state index contributed by atoms with van der Waals surface area (Å²) in [6.07, 6.45) is 1.24. The van der Waals surface area contributed by atoms with Crippen molar-refractivity contribution < 1.29 is 14.0 Å². The van der Waals surface area contributed by atoms with Crippen LogP contribution in [0.2, 0.25) is 0 Å². The molecular formula is C29H33FN2O2S. The predicted octanol–water partition coefficient (Wildman–Crippen LogP) is 5.53. The van der Waals surface area contributed by atoms with Crippen LogP contribution in [-0.4, -0.2) is 35.1 Å². The van der Waals surface area contributed by atoms with Crippen LogP contribution in [0.3, 0.4) is 0 Å². The van der Waals surface area contributed by atoms with Crippen LogP contribution in [-0.2, 0) is 28.3 Å². The Morgan fingerprint density at radius 3 is 2.31 bits per heavy atom. The Morgan fingerprint density at radius 1 is 0.943 bits per heavy atom. The van der Waals surface area contributed by atoms with Gasteiger partial charge in [0, 0.05) is 25.3 Å². The second-order valence-corrected chi connectivity index (χ2v) is 9.57. The third kappa shape index (κ3) is 8.25. The molecule has 3 aromatic carbocycles. The van der Waals surface area contributed by atoms with Crippen molar-refractivity contribution in [1.29, 1.82) is 0 Å². The molecule has 0 aliphatic rings. The van der Waals surface area contributed by atoms with Crippen molar-refractivity contribution >= 4 is 23.6 Å². The highest BCUT2D eigenvalue weighted by Crippen LogP contribution is 2.20. The zero-order valence-electron chi connectivity index (χ0n) is 20.4. The van der Waals surface area contributed by atoms with Gasteiger partial charge in [-0.15, -0.1) is 11.8 Å². The topological polar surface area (TPSA) is 49.4 Å². The van der Waals surface area contributed by atoms with Crippen molar-refractivity contribution in [3.8, 4) is 0 Å². The fraction of sp³-hybridized carbons (Fsp3) is 0.310. The molecule has 184 valence electrons. The molecule has 3 rings (SSSR count). The van der Waals surface area contributed by atoms with Gasteiger partial charge in [0.2, 0.25) is 11.8 Å². The van der Waals surface area contributed by atoms with Gasteiger partial charge in [0.1, 0.15) is 11.9 Å². The van der Waals surface area contributed by atoms with E-state index in [1.54, 1.807) is 23.1 Å². The lowest BCUT2D eigenvalue weighted by molar-refractivity contribution is -0.139. The van der Waals surface area contributed by atoms with E-state index in [1.165, 1.54) is 17.8 Å². The number of thioether (sulfide) groups is 1. The molecule has 0 fully saturated rings. The number of nitrogens with zero attached hydrogens (tertiary/aromatic N) is 1. The van der Waals surface area contributed by atoms with E-state index in [9.17, 15) is 14.0 Å². The van der Waals surface area contributed by atoms with Crippen molar-refractivity contribution in [2.24, 2.45) is 0 Å². The molecule has 2 amide bonds. The average Bonchev–Trinajstić information content (AvgIpc) is 2.87. The Kier molecular flexibility index (Phi) is 10.4. The van der Waals surface area contributed by atoms with Gasteiger partial charge in [-0.05, 0) is 36.1 Å². The molecule has 0 heterocycles. The number of benzene rings is 3. The summed E-state index contributed by atoms with van der Waals surface area (Å²) in [6.45, 7) is 4.90. The van der Waals surface area contributed by atoms with Crippen LogP contribution < -0.4 is 5.32 Å². The molecule has 6 heteroatoms. The first kappa shape index (κ1) is 26.5. The molecule has 0 saturated heterocycles. The Bertz CT molecular complexity index is 1090. The lowest BCUT2D eigenvalue weighted by Gasteiger charge is -2.31. The highest BCUT2D eigenvalue weighted by atomic mass is 32.2. The van der Waals surface area contributed by atoms with E-state index < -0.39 is 6.04 Å². The molecule has 1 N–H and O–H groups in total. The van der Waals surface area contributed by atoms with Crippen molar-refractivity contribution in [3.63, 3.8) is 0 Å². The van der Waals surface area contributed by atoms with Crippen LogP contribution in [0.5, 0.6) is 0 Å². The fourth-order valence-electron chi connectivity index (χ4n) is 3.76. The van der Waals surface area contributed by atoms with Gasteiger partial charge in [0.25, 0.3) is 0 Å². The van der Waals surface area contributed by atoms with Gasteiger partial charge in [0.05, 0.1) is 5.75 Å². The van der Waals surface area contributed by atoms with Gasteiger partial charge in [-0.1, -0.05) is 85.3 Å². The first-order valence-corrected chi connectivity index (χ1v) is 13.1. The summed E-state index contributed by atoms with van der Waals surface area (Å²) in [5.74, 6) is -0.0195. The summed E-state index contributed by atoms with van der Waals surface area (Å²) >= 11 is 1.36. The molecular weight excluding hydrogens is 459 g/mol. The standard InChI is InChI=1S/C29H33FN2O2S/c1-3-17-31-29(34)27(18-23-9-5-4-6-10-23)32(19-24-15-13-22(2)14-16-24)28(33)21-35-20-25-11-7-8-12-26(25)30/h4-16,27H,3,17-21H2,1-2H3,(H,31,34)/t27-/m0/s1. The van der Waals surface area contributed by atoms with Gasteiger partial charge in [-0.2, -0.15) is 0 Å². The Balaban J connectivity index is 1.83. The Hall–Kier alpha value is -3.12. The first-order valence-electron chi connectivity index (χ1n) is 12.0. The van der Waals surface area contributed by atoms with E-state index in [2.05, 4.69) is 5.32 Å². The highest BCUT2D eigenvalue weighted by molar-refractivity contribution is 7.99. The number of aryl methyl sites for hydroxylation is 1. The largest absolute Gasteiger partial charge is 0.354 e. The average molecular weight is 493 g/mol. The third-order valence-electron chi connectivity index (χ3n) is 5.73. The van der Waals surface area contributed by atoms with Crippen LogP contribution in [0.15, 0.2) is 78.9 Å². The van der Waals surface area contributed by atoms with Crippen LogP contribution in [0.25, 0.3) is 0 Å². The van der Waals surface area contributed by atoms with E-state index >= 15 is 0 Å². The van der Waals surface area contributed by atoms with E-state index in [0.29, 0.717) is 30.8 Å². The molecule has 0 aliphatic heterocycles. The summed E-state index contributed by atoms with van der Waals surface area (Å²) in [7, 11) is 0. The van der Waals surface area contributed by atoms with Gasteiger partial charge in [-0.25, -0.2) is 4.39 Å². The maximum Gasteiger partial charge on any atom is 0.243 e. The highest BCUT2D eigenvalue weighted by Gasteiger charge is 2.30. The Labute approximate surface area is 211 Å². The number of amides is 2. The number of hydrogen-bond donors (Lipinski definition) is 1. The molecule has 0 radical (unpaired) electrons. The molecule has 0 unspecified atom stereocenters. The maximum absolute atomic E-state index is 14.0. The summed E-state index contributed by atoms with van der Waals surface area (Å²) in [6, 6.07) is 23.7. The number of halogens is 1. The second-order valence-electron chi connectivity index (χ2n) is 8.59. The number of carbonyl (C=O) groups excluding carboxylic acids is 2. The van der Waals surface area contributed by atoms with E-state index in [4.69, 9.17) is 0 Å². The normalized spacial score (nSPS) is 11.6. The molecule has 0 bridgehead atoms. The molecule has 35 heavy (non-hydrogen) atoms. The van der Waals surface area contributed by atoms with E-state index in [1.807, 2.05) is 68.4 Å². The molecule has 0 saturated carbocycles. The molecule has 0 aromatic heterocycles. The van der Waals surface area contributed by atoms with Crippen LogP contribution in [0, 0.1) is 12.7 Å². The zero-order chi connectivity index (χ0) is 25.0. The second kappa shape index (κ2) is 13.7. The van der Waals surface area contributed by atoms with Crippen molar-refractivity contribution in [2.45, 2.75) is 45.0 Å². The number of nitrogens with one attached hydrogen (secondary N) is 1. The summed E-state index contributed by atoms with van der Waals surface area (Å²) < 4.78 is 14.0. The summed E-state index contributed by atoms with van der Waals surface area (Å²) in [4.78, 5) is 28.5. The lowest BCUT2D eigenvalue weighted by atomic mass is 10.0. The quantitative estimate of drug-likeness (QED) is 0.362. The summed E-state index contributed by atoms with van der Waals surface area (Å²) in [5.41, 5.74) is 3.65. The minimum absolute atomic E-state index is 0.139. The van der Waals surface area contributed by atoms with Gasteiger partial charge >= 0.3 is 0 Å². The minimum Gasteiger partial charge on any atom is -0.354 e. The molecule has 4 nitrogen and oxygen atoms in total. The van der Waals surface area contributed by atoms with Gasteiger partial charge in [0.15, 0.2) is 0 Å². The van der Waals surface area contributed by atoms with Crippen LogP contribution >= 0.6 is 11.8 Å². The zero-order valence-corrected chi connectivity index (χ0v) is 21.2. The number of carbonyl (C=O) groups is 2. The number of hydrogen-bond acceptors (Lipinski definition) is 3. The van der Waals surface area contributed by atoms with E-state index in [-0.39, 0.29) is 23.4 Å². The monoisotopic (exact) mass is 492 g/mol. The first-order chi connectivity index (χ1) is 17.0. The Morgan fingerprint density at radius 2 is 1.63 bits per heavy atom. The maximum atomic E-state index is 14.0. The summed E-state index contributed by atoms with van der Waals surface area (Å²) in [5, 5.41) is 2.98. The van der Waals surface area contributed by atoms with Gasteiger partial charge in [-0.3, -0.25) is 9.59 Å². The van der Waals surface area contributed by atoms with Gasteiger partial charge < -0.3 is 10.2 Å². The molecule has 0 spiro atoms. The third-order valence-corrected chi connectivity index (χ3v) is 6.70. The van der Waals surface area contributed by atoms with Crippen molar-refractivity contribution in [1.82, 2.24) is 10.2 Å². The number of rotatable bonds is 12.